The van der Waals surface area contributed by atoms with E-state index in [2.05, 4.69) is 10.3 Å². The van der Waals surface area contributed by atoms with Crippen molar-refractivity contribution in [2.24, 2.45) is 4.99 Å². The van der Waals surface area contributed by atoms with Crippen LogP contribution in [0.3, 0.4) is 0 Å². The Morgan fingerprint density at radius 1 is 1.32 bits per heavy atom. The first-order valence-corrected chi connectivity index (χ1v) is 6.43. The molecule has 1 fully saturated rings. The molecule has 0 saturated carbocycles. The topological polar surface area (TPSA) is 47.9 Å². The Bertz CT molecular complexity index is 479. The molecular weight excluding hydrogens is 240 g/mol. The molecule has 2 amide bonds. The Balaban J connectivity index is 1.99. The predicted octanol–water partition coefficient (Wildman–Crippen LogP) is 2.41. The minimum absolute atomic E-state index is 0.304. The number of rotatable bonds is 2. The smallest absolute Gasteiger partial charge is 0.347 e. The molecule has 1 aromatic carbocycles. The molecule has 5 heteroatoms. The first kappa shape index (κ1) is 13.4. The maximum Gasteiger partial charge on any atom is 0.347 e. The van der Waals surface area contributed by atoms with Gasteiger partial charge >= 0.3 is 6.03 Å². The molecular formula is C14H20N4O. The fourth-order valence-electron chi connectivity index (χ4n) is 2.05. The second-order valence-electron chi connectivity index (χ2n) is 4.92. The van der Waals surface area contributed by atoms with Crippen molar-refractivity contribution in [2.75, 3.05) is 37.9 Å². The number of hydrogen-bond donors (Lipinski definition) is 1. The first-order valence-electron chi connectivity index (χ1n) is 6.43. The number of anilines is 2. The molecule has 0 aliphatic carbocycles. The van der Waals surface area contributed by atoms with Crippen LogP contribution in [0, 0.1) is 0 Å². The Morgan fingerprint density at radius 2 is 2.00 bits per heavy atom. The third-order valence-corrected chi connectivity index (χ3v) is 3.20. The molecule has 19 heavy (non-hydrogen) atoms. The Kier molecular flexibility index (Phi) is 4.04. The number of carbonyl (C=O) groups is 1. The van der Waals surface area contributed by atoms with Gasteiger partial charge < -0.3 is 15.1 Å². The van der Waals surface area contributed by atoms with Crippen LogP contribution in [0.1, 0.15) is 12.8 Å². The van der Waals surface area contributed by atoms with Crippen molar-refractivity contribution in [3.63, 3.8) is 0 Å². The number of likely N-dealkylation sites (tertiary alicyclic amines) is 1. The molecule has 1 aliphatic rings. The van der Waals surface area contributed by atoms with Gasteiger partial charge in [-0.3, -0.25) is 0 Å². The molecule has 1 N–H and O–H groups in total. The van der Waals surface area contributed by atoms with Crippen LogP contribution in [-0.4, -0.2) is 44.5 Å². The summed E-state index contributed by atoms with van der Waals surface area (Å²) in [5, 5.41) is 2.78. The summed E-state index contributed by atoms with van der Waals surface area (Å²) in [6.07, 6.45) is 1.95. The monoisotopic (exact) mass is 260 g/mol. The molecule has 0 atom stereocenters. The van der Waals surface area contributed by atoms with Gasteiger partial charge in [0.2, 0.25) is 0 Å². The number of amidine groups is 1. The molecule has 0 spiro atoms. The number of aliphatic imine (C=N–C) groups is 1. The SMILES string of the molecule is CN1CCCC1=NC(=O)Nc1ccc(N(C)C)cc1. The highest BCUT2D eigenvalue weighted by Crippen LogP contribution is 2.16. The van der Waals surface area contributed by atoms with Crippen molar-refractivity contribution in [3.05, 3.63) is 24.3 Å². The average Bonchev–Trinajstić information content (AvgIpc) is 2.75. The van der Waals surface area contributed by atoms with E-state index in [-0.39, 0.29) is 6.03 Å². The van der Waals surface area contributed by atoms with E-state index in [0.29, 0.717) is 0 Å². The van der Waals surface area contributed by atoms with E-state index >= 15 is 0 Å². The molecule has 0 unspecified atom stereocenters. The summed E-state index contributed by atoms with van der Waals surface area (Å²) < 4.78 is 0. The van der Waals surface area contributed by atoms with Crippen LogP contribution in [0.15, 0.2) is 29.3 Å². The lowest BCUT2D eigenvalue weighted by Gasteiger charge is -2.13. The molecule has 0 aromatic heterocycles. The highest BCUT2D eigenvalue weighted by Gasteiger charge is 2.15. The van der Waals surface area contributed by atoms with E-state index in [1.165, 1.54) is 0 Å². The van der Waals surface area contributed by atoms with E-state index in [1.807, 2.05) is 55.2 Å². The van der Waals surface area contributed by atoms with Crippen LogP contribution in [0.25, 0.3) is 0 Å². The molecule has 1 aromatic rings. The first-order chi connectivity index (χ1) is 9.06. The van der Waals surface area contributed by atoms with Crippen LogP contribution in [0.2, 0.25) is 0 Å². The van der Waals surface area contributed by atoms with Crippen molar-refractivity contribution < 1.29 is 4.79 Å². The molecule has 1 heterocycles. The minimum Gasteiger partial charge on any atom is -0.378 e. The number of urea groups is 1. The number of hydrogen-bond acceptors (Lipinski definition) is 2. The van der Waals surface area contributed by atoms with Crippen LogP contribution in [0.5, 0.6) is 0 Å². The minimum atomic E-state index is -0.304. The highest BCUT2D eigenvalue weighted by atomic mass is 16.2. The fourth-order valence-corrected chi connectivity index (χ4v) is 2.05. The summed E-state index contributed by atoms with van der Waals surface area (Å²) in [6, 6.07) is 7.38. The van der Waals surface area contributed by atoms with Crippen LogP contribution >= 0.6 is 0 Å². The lowest BCUT2D eigenvalue weighted by Crippen LogP contribution is -2.21. The van der Waals surface area contributed by atoms with Gasteiger partial charge in [0.25, 0.3) is 0 Å². The van der Waals surface area contributed by atoms with Gasteiger partial charge in [-0.05, 0) is 30.7 Å². The predicted molar refractivity (Wildman–Crippen MR) is 79.1 cm³/mol. The zero-order valence-corrected chi connectivity index (χ0v) is 11.7. The van der Waals surface area contributed by atoms with E-state index in [0.717, 1.165) is 36.6 Å². The summed E-state index contributed by atoms with van der Waals surface area (Å²) >= 11 is 0. The standard InChI is InChI=1S/C14H20N4O/c1-17(2)12-8-6-11(7-9-12)15-14(19)16-13-5-4-10-18(13)3/h6-9H,4-5,10H2,1-3H3,(H,15,19). The second kappa shape index (κ2) is 5.73. The van der Waals surface area contributed by atoms with Gasteiger partial charge in [-0.1, -0.05) is 0 Å². The van der Waals surface area contributed by atoms with E-state index < -0.39 is 0 Å². The number of nitrogens with zero attached hydrogens (tertiary/aromatic N) is 3. The van der Waals surface area contributed by atoms with Crippen molar-refractivity contribution in [1.29, 1.82) is 0 Å². The van der Waals surface area contributed by atoms with E-state index in [9.17, 15) is 4.79 Å². The van der Waals surface area contributed by atoms with E-state index in [1.54, 1.807) is 0 Å². The molecule has 2 rings (SSSR count). The molecule has 1 saturated heterocycles. The normalized spacial score (nSPS) is 16.8. The summed E-state index contributed by atoms with van der Waals surface area (Å²) in [4.78, 5) is 19.9. The third-order valence-electron chi connectivity index (χ3n) is 3.20. The van der Waals surface area contributed by atoms with Gasteiger partial charge in [0.15, 0.2) is 0 Å². The Labute approximate surface area is 113 Å². The lowest BCUT2D eigenvalue weighted by molar-refractivity contribution is 0.259. The maximum absolute atomic E-state index is 11.8. The van der Waals surface area contributed by atoms with E-state index in [4.69, 9.17) is 0 Å². The van der Waals surface area contributed by atoms with Crippen LogP contribution < -0.4 is 10.2 Å². The van der Waals surface area contributed by atoms with Gasteiger partial charge in [0, 0.05) is 45.5 Å². The lowest BCUT2D eigenvalue weighted by atomic mass is 10.2. The summed E-state index contributed by atoms with van der Waals surface area (Å²) in [6.45, 7) is 0.976. The van der Waals surface area contributed by atoms with Crippen molar-refractivity contribution in [2.45, 2.75) is 12.8 Å². The van der Waals surface area contributed by atoms with Crippen molar-refractivity contribution in [3.8, 4) is 0 Å². The number of benzene rings is 1. The zero-order valence-electron chi connectivity index (χ0n) is 11.7. The van der Waals surface area contributed by atoms with Crippen LogP contribution in [-0.2, 0) is 0 Å². The Morgan fingerprint density at radius 3 is 2.53 bits per heavy atom. The van der Waals surface area contributed by atoms with Crippen LogP contribution in [0.4, 0.5) is 16.2 Å². The number of carbonyl (C=O) groups excluding carboxylic acids is 1. The highest BCUT2D eigenvalue weighted by molar-refractivity contribution is 6.00. The van der Waals surface area contributed by atoms with Gasteiger partial charge in [-0.15, -0.1) is 0 Å². The van der Waals surface area contributed by atoms with Crippen molar-refractivity contribution in [1.82, 2.24) is 4.90 Å². The van der Waals surface area contributed by atoms with Gasteiger partial charge in [-0.25, -0.2) is 4.79 Å². The molecule has 102 valence electrons. The summed E-state index contributed by atoms with van der Waals surface area (Å²) in [5.41, 5.74) is 1.86. The van der Waals surface area contributed by atoms with Gasteiger partial charge in [0.1, 0.15) is 5.84 Å². The molecule has 1 aliphatic heterocycles. The van der Waals surface area contributed by atoms with Gasteiger partial charge in [-0.2, -0.15) is 4.99 Å². The maximum atomic E-state index is 11.8. The quantitative estimate of drug-likeness (QED) is 0.888. The largest absolute Gasteiger partial charge is 0.378 e. The second-order valence-corrected chi connectivity index (χ2v) is 4.92. The zero-order chi connectivity index (χ0) is 13.8. The molecule has 5 nitrogen and oxygen atoms in total. The summed E-state index contributed by atoms with van der Waals surface area (Å²) in [7, 11) is 5.93. The number of nitrogens with one attached hydrogen (secondary N) is 1. The Hall–Kier alpha value is -2.04. The third kappa shape index (κ3) is 3.47. The fraction of sp³-hybridized carbons (Fsp3) is 0.429. The molecule has 0 radical (unpaired) electrons. The van der Waals surface area contributed by atoms with Crippen molar-refractivity contribution >= 4 is 23.2 Å². The van der Waals surface area contributed by atoms with Gasteiger partial charge in [0.05, 0.1) is 0 Å². The molecule has 0 bridgehead atoms. The average molecular weight is 260 g/mol. The number of amides is 2. The summed E-state index contributed by atoms with van der Waals surface area (Å²) in [5.74, 6) is 0.863.